The molecule has 3 N–H and O–H groups in total. The molecule has 7 nitrogen and oxygen atoms in total. The van der Waals surface area contributed by atoms with E-state index in [-0.39, 0.29) is 6.54 Å². The van der Waals surface area contributed by atoms with Gasteiger partial charge in [0.1, 0.15) is 11.3 Å². The van der Waals surface area contributed by atoms with Crippen molar-refractivity contribution in [2.75, 3.05) is 0 Å². The first-order chi connectivity index (χ1) is 8.35. The topological polar surface area (TPSA) is 104 Å². The minimum absolute atomic E-state index is 0.113. The Balaban J connectivity index is 2.44. The number of oxazole rings is 1. The molecule has 1 aromatic heterocycles. The van der Waals surface area contributed by atoms with E-state index in [1.165, 1.54) is 13.8 Å². The van der Waals surface area contributed by atoms with Crippen molar-refractivity contribution in [1.82, 2.24) is 15.6 Å². The summed E-state index contributed by atoms with van der Waals surface area (Å²) in [5.41, 5.74) is -1.32. The van der Waals surface area contributed by atoms with Crippen LogP contribution in [0.4, 0.5) is 4.79 Å². The summed E-state index contributed by atoms with van der Waals surface area (Å²) in [5.74, 6) is 0.00949. The molecular formula is C11H17N3O4. The number of hydrogen-bond acceptors (Lipinski definition) is 4. The number of urea groups is 1. The molecule has 1 rings (SSSR count). The highest BCUT2D eigenvalue weighted by Crippen LogP contribution is 2.04. The van der Waals surface area contributed by atoms with Crippen molar-refractivity contribution in [2.45, 2.75) is 39.3 Å². The van der Waals surface area contributed by atoms with E-state index in [9.17, 15) is 9.59 Å². The zero-order valence-corrected chi connectivity index (χ0v) is 10.6. The molecule has 18 heavy (non-hydrogen) atoms. The minimum atomic E-state index is -1.32. The maximum atomic E-state index is 11.5. The van der Waals surface area contributed by atoms with Gasteiger partial charge in [-0.1, -0.05) is 6.92 Å². The summed E-state index contributed by atoms with van der Waals surface area (Å²) in [7, 11) is 0. The second kappa shape index (κ2) is 5.52. The highest BCUT2D eigenvalue weighted by molar-refractivity contribution is 5.85. The smallest absolute Gasteiger partial charge is 0.328 e. The molecule has 1 aromatic rings. The fourth-order valence-electron chi connectivity index (χ4n) is 1.13. The number of carboxylic acids is 1. The molecule has 100 valence electrons. The molecular weight excluding hydrogens is 238 g/mol. The van der Waals surface area contributed by atoms with Crippen LogP contribution in [0.25, 0.3) is 0 Å². The molecule has 0 saturated carbocycles. The number of amides is 2. The molecule has 0 atom stereocenters. The third-order valence-electron chi connectivity index (χ3n) is 2.31. The van der Waals surface area contributed by atoms with E-state index in [1.807, 2.05) is 6.92 Å². The normalized spacial score (nSPS) is 11.1. The number of hydrogen-bond donors (Lipinski definition) is 3. The Kier molecular flexibility index (Phi) is 4.30. The van der Waals surface area contributed by atoms with Gasteiger partial charge in [-0.15, -0.1) is 0 Å². The standard InChI is InChI=1S/C11H17N3O4/c1-4-7-5-12-8(18-7)6-13-10(17)14-11(2,3)9(15)16/h5H,4,6H2,1-3H3,(H,15,16)(H2,13,14,17). The van der Waals surface area contributed by atoms with E-state index < -0.39 is 17.5 Å². The number of aliphatic carboxylic acids is 1. The van der Waals surface area contributed by atoms with E-state index in [4.69, 9.17) is 9.52 Å². The Morgan fingerprint density at radius 1 is 1.50 bits per heavy atom. The maximum Gasteiger partial charge on any atom is 0.328 e. The van der Waals surface area contributed by atoms with E-state index in [2.05, 4.69) is 15.6 Å². The Morgan fingerprint density at radius 2 is 2.17 bits per heavy atom. The Labute approximate surface area is 105 Å². The van der Waals surface area contributed by atoms with Crippen LogP contribution >= 0.6 is 0 Å². The number of nitrogens with one attached hydrogen (secondary N) is 2. The van der Waals surface area contributed by atoms with Crippen LogP contribution in [-0.2, 0) is 17.8 Å². The summed E-state index contributed by atoms with van der Waals surface area (Å²) in [6.07, 6.45) is 2.32. The first-order valence-electron chi connectivity index (χ1n) is 5.58. The average molecular weight is 255 g/mol. The summed E-state index contributed by atoms with van der Waals surface area (Å²) >= 11 is 0. The number of carboxylic acid groups (broad SMARTS) is 1. The summed E-state index contributed by atoms with van der Waals surface area (Å²) in [6, 6.07) is -0.585. The Morgan fingerprint density at radius 3 is 2.67 bits per heavy atom. The van der Waals surface area contributed by atoms with Crippen LogP contribution in [-0.4, -0.2) is 27.6 Å². The minimum Gasteiger partial charge on any atom is -0.480 e. The van der Waals surface area contributed by atoms with Crippen LogP contribution in [0, 0.1) is 0 Å². The van der Waals surface area contributed by atoms with Crippen molar-refractivity contribution in [3.63, 3.8) is 0 Å². The van der Waals surface area contributed by atoms with Crippen molar-refractivity contribution in [1.29, 1.82) is 0 Å². The number of rotatable bonds is 5. The van der Waals surface area contributed by atoms with Gasteiger partial charge in [0, 0.05) is 6.42 Å². The zero-order valence-electron chi connectivity index (χ0n) is 10.6. The number of aryl methyl sites for hydroxylation is 1. The quantitative estimate of drug-likeness (QED) is 0.725. The number of carbonyl (C=O) groups excluding carboxylic acids is 1. The van der Waals surface area contributed by atoms with Crippen molar-refractivity contribution in [3.8, 4) is 0 Å². The lowest BCUT2D eigenvalue weighted by Gasteiger charge is -2.20. The zero-order chi connectivity index (χ0) is 13.8. The van der Waals surface area contributed by atoms with Gasteiger partial charge in [0.2, 0.25) is 5.89 Å². The van der Waals surface area contributed by atoms with E-state index in [1.54, 1.807) is 6.20 Å². The fourth-order valence-corrected chi connectivity index (χ4v) is 1.13. The summed E-state index contributed by atoms with van der Waals surface area (Å²) in [4.78, 5) is 26.2. The van der Waals surface area contributed by atoms with Gasteiger partial charge in [0.05, 0.1) is 12.7 Å². The molecule has 0 aliphatic carbocycles. The average Bonchev–Trinajstić information content (AvgIpc) is 2.73. The van der Waals surface area contributed by atoms with Gasteiger partial charge in [-0.05, 0) is 13.8 Å². The van der Waals surface area contributed by atoms with Crippen LogP contribution in [0.3, 0.4) is 0 Å². The predicted molar refractivity (Wildman–Crippen MR) is 63.0 cm³/mol. The molecule has 0 radical (unpaired) electrons. The van der Waals surface area contributed by atoms with Gasteiger partial charge in [-0.2, -0.15) is 0 Å². The van der Waals surface area contributed by atoms with E-state index in [0.29, 0.717) is 5.89 Å². The maximum absolute atomic E-state index is 11.5. The van der Waals surface area contributed by atoms with Gasteiger partial charge in [0.25, 0.3) is 0 Å². The molecule has 0 saturated heterocycles. The summed E-state index contributed by atoms with van der Waals surface area (Å²) in [6.45, 7) is 4.84. The van der Waals surface area contributed by atoms with Crippen LogP contribution in [0.15, 0.2) is 10.6 Å². The van der Waals surface area contributed by atoms with Crippen molar-refractivity contribution in [3.05, 3.63) is 17.8 Å². The van der Waals surface area contributed by atoms with Crippen LogP contribution in [0.5, 0.6) is 0 Å². The van der Waals surface area contributed by atoms with Crippen LogP contribution in [0.1, 0.15) is 32.4 Å². The van der Waals surface area contributed by atoms with Crippen molar-refractivity contribution >= 4 is 12.0 Å². The van der Waals surface area contributed by atoms with Gasteiger partial charge >= 0.3 is 12.0 Å². The highest BCUT2D eigenvalue weighted by atomic mass is 16.4. The van der Waals surface area contributed by atoms with E-state index >= 15 is 0 Å². The lowest BCUT2D eigenvalue weighted by Crippen LogP contribution is -2.53. The molecule has 0 aliphatic heterocycles. The molecule has 0 fully saturated rings. The van der Waals surface area contributed by atoms with Gasteiger partial charge in [0.15, 0.2) is 0 Å². The van der Waals surface area contributed by atoms with Gasteiger partial charge in [-0.25, -0.2) is 14.6 Å². The number of nitrogens with zero attached hydrogens (tertiary/aromatic N) is 1. The Bertz CT molecular complexity index is 439. The van der Waals surface area contributed by atoms with Crippen LogP contribution < -0.4 is 10.6 Å². The molecule has 1 heterocycles. The molecule has 0 aliphatic rings. The molecule has 0 bridgehead atoms. The van der Waals surface area contributed by atoms with Crippen LogP contribution in [0.2, 0.25) is 0 Å². The lowest BCUT2D eigenvalue weighted by molar-refractivity contribution is -0.142. The lowest BCUT2D eigenvalue weighted by atomic mass is 10.1. The predicted octanol–water partition coefficient (Wildman–Crippen LogP) is 0.899. The first kappa shape index (κ1) is 14.0. The van der Waals surface area contributed by atoms with Crippen molar-refractivity contribution < 1.29 is 19.1 Å². The largest absolute Gasteiger partial charge is 0.480 e. The van der Waals surface area contributed by atoms with Gasteiger partial charge in [-0.3, -0.25) is 0 Å². The van der Waals surface area contributed by atoms with Crippen molar-refractivity contribution in [2.24, 2.45) is 0 Å². The number of carbonyl (C=O) groups is 2. The van der Waals surface area contributed by atoms with E-state index in [0.717, 1.165) is 12.2 Å². The Hall–Kier alpha value is -2.05. The third-order valence-corrected chi connectivity index (χ3v) is 2.31. The second-order valence-corrected chi connectivity index (χ2v) is 4.31. The second-order valence-electron chi connectivity index (χ2n) is 4.31. The van der Waals surface area contributed by atoms with Gasteiger partial charge < -0.3 is 20.2 Å². The molecule has 0 unspecified atom stereocenters. The summed E-state index contributed by atoms with van der Waals surface area (Å²) < 4.78 is 5.29. The molecule has 0 spiro atoms. The number of aromatic nitrogens is 1. The summed E-state index contributed by atoms with van der Waals surface area (Å²) in [5, 5.41) is 13.6. The SMILES string of the molecule is CCc1cnc(CNC(=O)NC(C)(C)C(=O)O)o1. The molecule has 0 aromatic carbocycles. The fraction of sp³-hybridized carbons (Fsp3) is 0.545. The molecule has 7 heteroatoms. The monoisotopic (exact) mass is 255 g/mol. The highest BCUT2D eigenvalue weighted by Gasteiger charge is 2.28. The first-order valence-corrected chi connectivity index (χ1v) is 5.58. The third kappa shape index (κ3) is 3.76. The molecule has 2 amide bonds.